The van der Waals surface area contributed by atoms with E-state index in [1.165, 1.54) is 18.5 Å². The molecule has 0 saturated carbocycles. The SMILES string of the molecule is CC(C)(C)S(=O)(=O)c1cc2c(Nc3ccc4scnc4c3)ncnc2cc1OCCOP(O)O. The van der Waals surface area contributed by atoms with Crippen molar-refractivity contribution in [3.8, 4) is 5.75 Å². The van der Waals surface area contributed by atoms with E-state index in [9.17, 15) is 8.42 Å². The van der Waals surface area contributed by atoms with Gasteiger partial charge in [0.1, 0.15) is 29.4 Å². The van der Waals surface area contributed by atoms with Gasteiger partial charge in [-0.15, -0.1) is 11.3 Å². The molecule has 4 rings (SSSR count). The Morgan fingerprint density at radius 3 is 2.59 bits per heavy atom. The molecule has 2 aromatic heterocycles. The van der Waals surface area contributed by atoms with Gasteiger partial charge in [0.25, 0.3) is 0 Å². The van der Waals surface area contributed by atoms with Gasteiger partial charge in [-0.1, -0.05) is 0 Å². The second-order valence-corrected chi connectivity index (χ2v) is 12.6. The van der Waals surface area contributed by atoms with Crippen LogP contribution >= 0.6 is 19.9 Å². The number of hydrogen-bond donors (Lipinski definition) is 3. The summed E-state index contributed by atoms with van der Waals surface area (Å²) in [6, 6.07) is 8.77. The zero-order valence-corrected chi connectivity index (χ0v) is 21.1. The number of fused-ring (bicyclic) bond motifs is 2. The minimum absolute atomic E-state index is 0.0180. The number of anilines is 2. The Labute approximate surface area is 201 Å². The van der Waals surface area contributed by atoms with E-state index < -0.39 is 23.2 Å². The van der Waals surface area contributed by atoms with Gasteiger partial charge in [-0.3, -0.25) is 0 Å². The van der Waals surface area contributed by atoms with Gasteiger partial charge in [0.15, 0.2) is 9.84 Å². The molecular weight excluding hydrogens is 499 g/mol. The van der Waals surface area contributed by atoms with Gasteiger partial charge in [-0.2, -0.15) is 0 Å². The van der Waals surface area contributed by atoms with Crippen LogP contribution in [0.25, 0.3) is 21.1 Å². The number of nitrogens with zero attached hydrogens (tertiary/aromatic N) is 3. The third-order valence-electron chi connectivity index (χ3n) is 4.94. The molecule has 0 atom stereocenters. The lowest BCUT2D eigenvalue weighted by Crippen LogP contribution is -2.28. The van der Waals surface area contributed by atoms with Crippen LogP contribution < -0.4 is 10.1 Å². The maximum Gasteiger partial charge on any atom is 0.327 e. The standard InChI is InChI=1S/C21H23N4O6PS2/c1-21(2,3)34(28,29)19-9-14-15(10-17(19)30-6-7-31-32(26)27)22-11-23-20(14)25-13-4-5-18-16(8-13)24-12-33-18/h4-5,8-12,26-27H,6-7H2,1-3H3,(H,22,23,25). The maximum atomic E-state index is 13.4. The normalized spacial score (nSPS) is 12.5. The van der Waals surface area contributed by atoms with E-state index in [1.807, 2.05) is 18.2 Å². The quantitative estimate of drug-likeness (QED) is 0.228. The van der Waals surface area contributed by atoms with Crippen molar-refractivity contribution >= 4 is 62.4 Å². The molecule has 2 heterocycles. The van der Waals surface area contributed by atoms with Gasteiger partial charge in [-0.05, 0) is 45.0 Å². The molecule has 13 heteroatoms. The first-order valence-corrected chi connectivity index (χ1v) is 13.7. The van der Waals surface area contributed by atoms with Crippen LogP contribution in [0.15, 0.2) is 47.1 Å². The molecule has 0 unspecified atom stereocenters. The number of hydrogen-bond acceptors (Lipinski definition) is 11. The van der Waals surface area contributed by atoms with E-state index in [4.69, 9.17) is 19.0 Å². The van der Waals surface area contributed by atoms with Crippen molar-refractivity contribution in [3.05, 3.63) is 42.2 Å². The van der Waals surface area contributed by atoms with Crippen LogP contribution in [0, 0.1) is 0 Å². The Bertz CT molecular complexity index is 1440. The largest absolute Gasteiger partial charge is 0.490 e. The summed E-state index contributed by atoms with van der Waals surface area (Å²) < 4.78 is 37.1. The number of sulfone groups is 1. The van der Waals surface area contributed by atoms with Crippen molar-refractivity contribution in [1.82, 2.24) is 15.0 Å². The lowest BCUT2D eigenvalue weighted by molar-refractivity contribution is 0.191. The molecule has 0 spiro atoms. The number of ether oxygens (including phenoxy) is 1. The van der Waals surface area contributed by atoms with Gasteiger partial charge in [0, 0.05) is 17.1 Å². The van der Waals surface area contributed by atoms with Gasteiger partial charge in [0.2, 0.25) is 0 Å². The highest BCUT2D eigenvalue weighted by Crippen LogP contribution is 2.37. The average molecular weight is 523 g/mol. The number of aromatic nitrogens is 3. The van der Waals surface area contributed by atoms with Crippen LogP contribution in [0.2, 0.25) is 0 Å². The predicted octanol–water partition coefficient (Wildman–Crippen LogP) is 4.16. The van der Waals surface area contributed by atoms with Crippen molar-refractivity contribution in [2.45, 2.75) is 30.4 Å². The Kier molecular flexibility index (Phi) is 6.99. The molecule has 4 aromatic rings. The van der Waals surface area contributed by atoms with Crippen LogP contribution in [0.3, 0.4) is 0 Å². The van der Waals surface area contributed by atoms with E-state index in [2.05, 4.69) is 20.3 Å². The number of rotatable bonds is 8. The Morgan fingerprint density at radius 2 is 1.85 bits per heavy atom. The van der Waals surface area contributed by atoms with E-state index in [-0.39, 0.29) is 23.9 Å². The second kappa shape index (κ2) is 9.65. The van der Waals surface area contributed by atoms with Crippen molar-refractivity contribution in [3.63, 3.8) is 0 Å². The predicted molar refractivity (Wildman–Crippen MR) is 132 cm³/mol. The molecule has 0 fully saturated rings. The minimum atomic E-state index is -3.82. The van der Waals surface area contributed by atoms with Gasteiger partial charge < -0.3 is 24.4 Å². The summed E-state index contributed by atoms with van der Waals surface area (Å²) in [7, 11) is -6.34. The van der Waals surface area contributed by atoms with Gasteiger partial charge >= 0.3 is 8.60 Å². The molecular formula is C21H23N4O6PS2. The lowest BCUT2D eigenvalue weighted by atomic mass is 10.2. The first kappa shape index (κ1) is 24.6. The molecule has 3 N–H and O–H groups in total. The highest BCUT2D eigenvalue weighted by molar-refractivity contribution is 7.92. The van der Waals surface area contributed by atoms with Crippen LogP contribution in [-0.4, -0.2) is 51.1 Å². The molecule has 0 bridgehead atoms. The average Bonchev–Trinajstić information content (AvgIpc) is 3.23. The summed E-state index contributed by atoms with van der Waals surface area (Å²) in [5.74, 6) is 0.533. The number of benzene rings is 2. The van der Waals surface area contributed by atoms with Crippen LogP contribution in [-0.2, 0) is 14.4 Å². The van der Waals surface area contributed by atoms with E-state index in [0.29, 0.717) is 16.7 Å². The topological polar surface area (TPSA) is 144 Å². The fraction of sp³-hybridized carbons (Fsp3) is 0.286. The Balaban J connectivity index is 1.77. The first-order chi connectivity index (χ1) is 16.1. The second-order valence-electron chi connectivity index (χ2n) is 8.25. The molecule has 180 valence electrons. The fourth-order valence-electron chi connectivity index (χ4n) is 3.16. The Hall–Kier alpha value is -2.47. The summed E-state index contributed by atoms with van der Waals surface area (Å²) in [5, 5.41) is 3.74. The number of thiazole rings is 1. The molecule has 34 heavy (non-hydrogen) atoms. The summed E-state index contributed by atoms with van der Waals surface area (Å²) in [4.78, 5) is 30.7. The van der Waals surface area contributed by atoms with Crippen LogP contribution in [0.5, 0.6) is 5.75 Å². The highest BCUT2D eigenvalue weighted by Gasteiger charge is 2.34. The molecule has 0 aliphatic heterocycles. The smallest absolute Gasteiger partial charge is 0.327 e. The van der Waals surface area contributed by atoms with E-state index in [0.717, 1.165) is 15.9 Å². The third kappa shape index (κ3) is 5.12. The first-order valence-electron chi connectivity index (χ1n) is 10.1. The van der Waals surface area contributed by atoms with Gasteiger partial charge in [-0.25, -0.2) is 23.4 Å². The van der Waals surface area contributed by atoms with Crippen molar-refractivity contribution in [1.29, 1.82) is 0 Å². The zero-order chi connectivity index (χ0) is 24.5. The minimum Gasteiger partial charge on any atom is -0.490 e. The molecule has 0 radical (unpaired) electrons. The Morgan fingerprint density at radius 1 is 1.06 bits per heavy atom. The van der Waals surface area contributed by atoms with Crippen LogP contribution in [0.1, 0.15) is 20.8 Å². The van der Waals surface area contributed by atoms with Crippen molar-refractivity contribution in [2.24, 2.45) is 0 Å². The van der Waals surface area contributed by atoms with E-state index in [1.54, 1.807) is 37.6 Å². The molecule has 0 amide bonds. The molecule has 10 nitrogen and oxygen atoms in total. The highest BCUT2D eigenvalue weighted by atomic mass is 32.2. The summed E-state index contributed by atoms with van der Waals surface area (Å²) in [6.07, 6.45) is 1.38. The molecule has 0 aliphatic rings. The van der Waals surface area contributed by atoms with E-state index >= 15 is 0 Å². The molecule has 2 aromatic carbocycles. The summed E-state index contributed by atoms with van der Waals surface area (Å²) in [6.45, 7) is 4.61. The zero-order valence-electron chi connectivity index (χ0n) is 18.6. The fourth-order valence-corrected chi connectivity index (χ4v) is 5.37. The monoisotopic (exact) mass is 522 g/mol. The van der Waals surface area contributed by atoms with Crippen molar-refractivity contribution in [2.75, 3.05) is 18.5 Å². The number of nitrogens with one attached hydrogen (secondary N) is 1. The summed E-state index contributed by atoms with van der Waals surface area (Å²) in [5.41, 5.74) is 3.84. The van der Waals surface area contributed by atoms with Crippen LogP contribution in [0.4, 0.5) is 11.5 Å². The maximum absolute atomic E-state index is 13.4. The lowest BCUT2D eigenvalue weighted by Gasteiger charge is -2.22. The molecule has 0 saturated heterocycles. The summed E-state index contributed by atoms with van der Waals surface area (Å²) >= 11 is 1.54. The molecule has 0 aliphatic carbocycles. The third-order valence-corrected chi connectivity index (χ3v) is 8.67. The van der Waals surface area contributed by atoms with Crippen molar-refractivity contribution < 1.29 is 27.5 Å². The van der Waals surface area contributed by atoms with Gasteiger partial charge in [0.05, 0.1) is 32.6 Å².